The van der Waals surface area contributed by atoms with Gasteiger partial charge in [0.1, 0.15) is 5.82 Å². The van der Waals surface area contributed by atoms with Crippen molar-refractivity contribution in [3.05, 3.63) is 46.3 Å². The van der Waals surface area contributed by atoms with Crippen LogP contribution in [0.1, 0.15) is 31.2 Å². The van der Waals surface area contributed by atoms with Crippen LogP contribution in [0.25, 0.3) is 0 Å². The van der Waals surface area contributed by atoms with Crippen LogP contribution in [0.2, 0.25) is 0 Å². The Bertz CT molecular complexity index is 778. The number of aliphatic imine (C=N–C) groups is 1. The molecule has 3 heterocycles. The van der Waals surface area contributed by atoms with E-state index in [0.29, 0.717) is 6.54 Å². The summed E-state index contributed by atoms with van der Waals surface area (Å²) in [5, 5.41) is 9.04. The summed E-state index contributed by atoms with van der Waals surface area (Å²) in [5.74, 6) is 1.92. The van der Waals surface area contributed by atoms with E-state index in [1.165, 1.54) is 10.4 Å². The van der Waals surface area contributed by atoms with E-state index in [-0.39, 0.29) is 5.41 Å². The second kappa shape index (κ2) is 10.1. The number of thiophene rings is 1. The first-order chi connectivity index (χ1) is 14.0. The smallest absolute Gasteiger partial charge is 0.191 e. The third-order valence-electron chi connectivity index (χ3n) is 5.31. The number of likely N-dealkylation sites (N-methyl/N-ethyl adjacent to an activating group) is 1. The lowest BCUT2D eigenvalue weighted by Crippen LogP contribution is -2.45. The summed E-state index contributed by atoms with van der Waals surface area (Å²) >= 11 is 1.81. The van der Waals surface area contributed by atoms with Crippen molar-refractivity contribution in [2.45, 2.75) is 32.7 Å². The standard InChI is InChI=1S/C22H34N6S/c1-5-23-21(26-17-22(2,3)19-9-7-15-29-19)25-16-18-8-6-10-24-20(18)28-13-11-27(4)12-14-28/h6-10,15H,5,11-14,16-17H2,1-4H3,(H2,23,25,26). The molecule has 3 rings (SSSR count). The summed E-state index contributed by atoms with van der Waals surface area (Å²) in [4.78, 5) is 15.6. The average molecular weight is 415 g/mol. The zero-order valence-corrected chi connectivity index (χ0v) is 18.9. The maximum Gasteiger partial charge on any atom is 0.191 e. The van der Waals surface area contributed by atoms with Crippen molar-refractivity contribution in [1.29, 1.82) is 0 Å². The van der Waals surface area contributed by atoms with Gasteiger partial charge in [0.15, 0.2) is 5.96 Å². The van der Waals surface area contributed by atoms with Gasteiger partial charge in [-0.15, -0.1) is 11.3 Å². The number of guanidine groups is 1. The summed E-state index contributed by atoms with van der Waals surface area (Å²) in [6, 6.07) is 8.46. The quantitative estimate of drug-likeness (QED) is 0.539. The van der Waals surface area contributed by atoms with Crippen molar-refractivity contribution in [2.24, 2.45) is 4.99 Å². The van der Waals surface area contributed by atoms with Gasteiger partial charge in [-0.05, 0) is 31.5 Å². The molecule has 0 radical (unpaired) electrons. The minimum absolute atomic E-state index is 0.0592. The van der Waals surface area contributed by atoms with Crippen LogP contribution in [0.15, 0.2) is 40.8 Å². The van der Waals surface area contributed by atoms with Crippen molar-refractivity contribution in [2.75, 3.05) is 51.2 Å². The third kappa shape index (κ3) is 5.93. The van der Waals surface area contributed by atoms with Gasteiger partial charge in [0.05, 0.1) is 6.54 Å². The number of nitrogens with zero attached hydrogens (tertiary/aromatic N) is 4. The summed E-state index contributed by atoms with van der Waals surface area (Å²) in [6.45, 7) is 13.1. The van der Waals surface area contributed by atoms with Crippen molar-refractivity contribution in [3.8, 4) is 0 Å². The Kier molecular flexibility index (Phi) is 7.50. The molecule has 7 heteroatoms. The molecule has 2 aromatic rings. The summed E-state index contributed by atoms with van der Waals surface area (Å²) in [6.07, 6.45) is 1.88. The normalized spacial score (nSPS) is 16.1. The van der Waals surface area contributed by atoms with E-state index in [0.717, 1.165) is 51.0 Å². The molecule has 0 amide bonds. The Balaban J connectivity index is 1.67. The molecule has 0 aliphatic carbocycles. The largest absolute Gasteiger partial charge is 0.357 e. The van der Waals surface area contributed by atoms with Gasteiger partial charge in [-0.25, -0.2) is 9.98 Å². The zero-order valence-electron chi connectivity index (χ0n) is 18.1. The maximum absolute atomic E-state index is 4.86. The third-order valence-corrected chi connectivity index (χ3v) is 6.54. The van der Waals surface area contributed by atoms with Crippen LogP contribution in [-0.4, -0.2) is 62.2 Å². The Morgan fingerprint density at radius 1 is 1.17 bits per heavy atom. The minimum Gasteiger partial charge on any atom is -0.357 e. The Morgan fingerprint density at radius 3 is 2.66 bits per heavy atom. The van der Waals surface area contributed by atoms with Gasteiger partial charge >= 0.3 is 0 Å². The van der Waals surface area contributed by atoms with Crippen molar-refractivity contribution in [1.82, 2.24) is 20.5 Å². The first kappa shape index (κ1) is 21.6. The van der Waals surface area contributed by atoms with E-state index in [2.05, 4.69) is 76.8 Å². The highest BCUT2D eigenvalue weighted by Crippen LogP contribution is 2.26. The summed E-state index contributed by atoms with van der Waals surface area (Å²) in [5.41, 5.74) is 1.23. The number of hydrogen-bond donors (Lipinski definition) is 2. The average Bonchev–Trinajstić information content (AvgIpc) is 3.27. The van der Waals surface area contributed by atoms with E-state index in [4.69, 9.17) is 4.99 Å². The van der Waals surface area contributed by atoms with Gasteiger partial charge in [0.25, 0.3) is 0 Å². The molecule has 1 aliphatic rings. The van der Waals surface area contributed by atoms with Crippen LogP contribution >= 0.6 is 11.3 Å². The lowest BCUT2D eigenvalue weighted by Gasteiger charge is -2.34. The highest BCUT2D eigenvalue weighted by atomic mass is 32.1. The van der Waals surface area contributed by atoms with Gasteiger partial charge in [0, 0.05) is 61.3 Å². The summed E-state index contributed by atoms with van der Waals surface area (Å²) < 4.78 is 0. The zero-order chi connectivity index (χ0) is 20.7. The first-order valence-electron chi connectivity index (χ1n) is 10.4. The number of hydrogen-bond acceptors (Lipinski definition) is 5. The molecular formula is C22H34N6S. The highest BCUT2D eigenvalue weighted by molar-refractivity contribution is 7.10. The van der Waals surface area contributed by atoms with Crippen LogP contribution in [0.4, 0.5) is 5.82 Å². The monoisotopic (exact) mass is 414 g/mol. The molecule has 1 saturated heterocycles. The van der Waals surface area contributed by atoms with E-state index in [9.17, 15) is 0 Å². The molecule has 1 fully saturated rings. The minimum atomic E-state index is 0.0592. The van der Waals surface area contributed by atoms with Crippen LogP contribution in [0.3, 0.4) is 0 Å². The van der Waals surface area contributed by atoms with E-state index < -0.39 is 0 Å². The lowest BCUT2D eigenvalue weighted by atomic mass is 9.91. The van der Waals surface area contributed by atoms with Crippen molar-refractivity contribution < 1.29 is 0 Å². The van der Waals surface area contributed by atoms with E-state index in [1.54, 1.807) is 11.3 Å². The molecule has 2 aromatic heterocycles. The molecular weight excluding hydrogens is 380 g/mol. The van der Waals surface area contributed by atoms with Crippen LogP contribution in [0.5, 0.6) is 0 Å². The Morgan fingerprint density at radius 2 is 1.97 bits per heavy atom. The second-order valence-corrected chi connectivity index (χ2v) is 9.13. The van der Waals surface area contributed by atoms with Gasteiger partial charge in [0.2, 0.25) is 0 Å². The number of pyridine rings is 1. The topological polar surface area (TPSA) is 55.8 Å². The number of nitrogens with one attached hydrogen (secondary N) is 2. The number of aromatic nitrogens is 1. The van der Waals surface area contributed by atoms with Gasteiger partial charge in [-0.3, -0.25) is 0 Å². The first-order valence-corrected chi connectivity index (χ1v) is 11.3. The van der Waals surface area contributed by atoms with Crippen LogP contribution in [-0.2, 0) is 12.0 Å². The van der Waals surface area contributed by atoms with Crippen molar-refractivity contribution >= 4 is 23.1 Å². The molecule has 29 heavy (non-hydrogen) atoms. The highest BCUT2D eigenvalue weighted by Gasteiger charge is 2.22. The summed E-state index contributed by atoms with van der Waals surface area (Å²) in [7, 11) is 2.17. The van der Waals surface area contributed by atoms with E-state index in [1.807, 2.05) is 12.3 Å². The predicted molar refractivity (Wildman–Crippen MR) is 124 cm³/mol. The number of rotatable bonds is 7. The fourth-order valence-corrected chi connectivity index (χ4v) is 4.27. The molecule has 0 bridgehead atoms. The Hall–Kier alpha value is -2.12. The molecule has 0 unspecified atom stereocenters. The second-order valence-electron chi connectivity index (χ2n) is 8.19. The fourth-order valence-electron chi connectivity index (χ4n) is 3.42. The SMILES string of the molecule is CCNC(=NCc1cccnc1N1CCN(C)CC1)NCC(C)(C)c1cccs1. The molecule has 0 spiro atoms. The van der Waals surface area contributed by atoms with Crippen molar-refractivity contribution in [3.63, 3.8) is 0 Å². The van der Waals surface area contributed by atoms with Gasteiger partial charge in [-0.1, -0.05) is 26.0 Å². The molecule has 1 aliphatic heterocycles. The molecule has 2 N–H and O–H groups in total. The maximum atomic E-state index is 4.86. The lowest BCUT2D eigenvalue weighted by molar-refractivity contribution is 0.312. The molecule has 0 saturated carbocycles. The van der Waals surface area contributed by atoms with Gasteiger partial charge < -0.3 is 20.4 Å². The van der Waals surface area contributed by atoms with E-state index >= 15 is 0 Å². The molecule has 0 aromatic carbocycles. The predicted octanol–water partition coefficient (Wildman–Crippen LogP) is 2.93. The molecule has 0 atom stereocenters. The van der Waals surface area contributed by atoms with Crippen LogP contribution < -0.4 is 15.5 Å². The van der Waals surface area contributed by atoms with Gasteiger partial charge in [-0.2, -0.15) is 0 Å². The number of anilines is 1. The van der Waals surface area contributed by atoms with Crippen LogP contribution in [0, 0.1) is 0 Å². The number of piperazine rings is 1. The molecule has 158 valence electrons. The molecule has 6 nitrogen and oxygen atoms in total. The fraction of sp³-hybridized carbons (Fsp3) is 0.545. The Labute approximate surface area is 179 Å².